The van der Waals surface area contributed by atoms with Crippen molar-refractivity contribution in [1.82, 2.24) is 0 Å². The first-order valence-corrected chi connectivity index (χ1v) is 1.93. The molecule has 0 saturated carbocycles. The number of rotatable bonds is 2. The first kappa shape index (κ1) is 5.00. The minimum absolute atomic E-state index is 0.719. The minimum Gasteiger partial charge on any atom is -0.0651 e. The van der Waals surface area contributed by atoms with Crippen molar-refractivity contribution < 1.29 is 0 Å². The smallest absolute Gasteiger partial charge is 0.0349 e. The zero-order valence-electron chi connectivity index (χ0n) is 3.57. The van der Waals surface area contributed by atoms with Crippen molar-refractivity contribution in [2.45, 2.75) is 19.8 Å². The number of unbranched alkanes of at least 4 members (excludes halogenated alkanes) is 2. The highest BCUT2D eigenvalue weighted by Crippen LogP contribution is 1.85. The quantitative estimate of drug-likeness (QED) is 0.463. The first-order valence-electron chi connectivity index (χ1n) is 1.93. The van der Waals surface area contributed by atoms with Crippen LogP contribution in [0.2, 0.25) is 0 Å². The topological polar surface area (TPSA) is 0 Å². The Morgan fingerprint density at radius 1 is 1.80 bits per heavy atom. The molecule has 0 heteroatoms. The van der Waals surface area contributed by atoms with Gasteiger partial charge in [-0.2, -0.15) is 0 Å². The molecule has 0 unspecified atom stereocenters. The Morgan fingerprint density at radius 3 is 2.40 bits per heavy atom. The molecule has 0 spiro atoms. The molecule has 0 aromatic heterocycles. The fourth-order valence-corrected chi connectivity index (χ4v) is 0.167. The lowest BCUT2D eigenvalue weighted by Crippen LogP contribution is -1.61. The Hall–Kier alpha value is 0. The molecule has 0 atom stereocenters. The molecular formula is C5H9. The summed E-state index contributed by atoms with van der Waals surface area (Å²) in [7, 11) is 0. The summed E-state index contributed by atoms with van der Waals surface area (Å²) in [6.45, 7) is 7.16. The molecule has 0 aromatic carbocycles. The maximum Gasteiger partial charge on any atom is -0.0349 e. The van der Waals surface area contributed by atoms with Gasteiger partial charge in [0.1, 0.15) is 0 Å². The van der Waals surface area contributed by atoms with Gasteiger partial charge in [0.25, 0.3) is 0 Å². The van der Waals surface area contributed by atoms with Crippen molar-refractivity contribution in [2.75, 3.05) is 0 Å². The second-order valence-corrected chi connectivity index (χ2v) is 0.933. The van der Waals surface area contributed by atoms with Gasteiger partial charge in [0, 0.05) is 0 Å². The molecule has 0 rings (SSSR count). The van der Waals surface area contributed by atoms with Crippen LogP contribution in [0.15, 0.2) is 0 Å². The van der Waals surface area contributed by atoms with Gasteiger partial charge in [0.2, 0.25) is 0 Å². The van der Waals surface area contributed by atoms with E-state index in [0.717, 1.165) is 12.8 Å². The number of hydrogen-bond acceptors (Lipinski definition) is 0. The molecule has 29 valence electrons. The lowest BCUT2D eigenvalue weighted by Gasteiger charge is -1.78. The predicted molar refractivity (Wildman–Crippen MR) is 23.5 cm³/mol. The fraction of sp³-hybridized carbons (Fsp3) is 0.600. The van der Waals surface area contributed by atoms with Crippen LogP contribution in [0.1, 0.15) is 19.8 Å². The lowest BCUT2D eigenvalue weighted by atomic mass is 10.3. The summed E-state index contributed by atoms with van der Waals surface area (Å²) >= 11 is 0. The molecular weight excluding hydrogens is 60.1 g/mol. The van der Waals surface area contributed by atoms with Crippen LogP contribution in [0, 0.1) is 13.3 Å². The van der Waals surface area contributed by atoms with Gasteiger partial charge < -0.3 is 0 Å². The van der Waals surface area contributed by atoms with Crippen LogP contribution in [0.3, 0.4) is 0 Å². The molecule has 0 N–H and O–H groups in total. The highest BCUT2D eigenvalue weighted by Gasteiger charge is 1.69. The SMILES string of the molecule is [CH]C[CH]CC. The van der Waals surface area contributed by atoms with Gasteiger partial charge in [-0.3, -0.25) is 0 Å². The Bertz CT molecular complexity index is 7.51. The highest BCUT2D eigenvalue weighted by molar-refractivity contribution is 4.60. The average Bonchev–Trinajstić information content (AvgIpc) is 1.41. The van der Waals surface area contributed by atoms with Gasteiger partial charge in [-0.05, 0) is 19.8 Å². The summed E-state index contributed by atoms with van der Waals surface area (Å²) < 4.78 is 0. The van der Waals surface area contributed by atoms with Crippen molar-refractivity contribution in [3.8, 4) is 0 Å². The summed E-state index contributed by atoms with van der Waals surface area (Å²) in [5.74, 6) is 0. The molecule has 0 heterocycles. The molecule has 5 heavy (non-hydrogen) atoms. The van der Waals surface area contributed by atoms with Crippen molar-refractivity contribution in [3.05, 3.63) is 13.3 Å². The van der Waals surface area contributed by atoms with E-state index in [1.165, 1.54) is 0 Å². The first-order chi connectivity index (χ1) is 2.41. The monoisotopic (exact) mass is 69.1 g/mol. The molecule has 0 aliphatic carbocycles. The summed E-state index contributed by atoms with van der Waals surface area (Å²) in [4.78, 5) is 0. The van der Waals surface area contributed by atoms with Crippen LogP contribution in [0.4, 0.5) is 0 Å². The van der Waals surface area contributed by atoms with E-state index in [9.17, 15) is 0 Å². The molecule has 0 saturated heterocycles. The average molecular weight is 69.1 g/mol. The van der Waals surface area contributed by atoms with Crippen LogP contribution in [-0.4, -0.2) is 0 Å². The van der Waals surface area contributed by atoms with E-state index in [0.29, 0.717) is 0 Å². The molecule has 0 aromatic rings. The van der Waals surface area contributed by atoms with Crippen molar-refractivity contribution in [3.63, 3.8) is 0 Å². The third-order valence-corrected chi connectivity index (χ3v) is 0.455. The van der Waals surface area contributed by atoms with E-state index in [1.54, 1.807) is 0 Å². The van der Waals surface area contributed by atoms with Gasteiger partial charge in [-0.25, -0.2) is 0 Å². The Balaban J connectivity index is 2.19. The zero-order valence-corrected chi connectivity index (χ0v) is 3.57. The van der Waals surface area contributed by atoms with Crippen LogP contribution < -0.4 is 0 Å². The van der Waals surface area contributed by atoms with Gasteiger partial charge in [-0.15, -0.1) is 0 Å². The molecule has 0 aliphatic rings. The molecule has 3 radical (unpaired) electrons. The second-order valence-electron chi connectivity index (χ2n) is 0.933. The minimum atomic E-state index is 0.719. The van der Waals surface area contributed by atoms with E-state index in [2.05, 4.69) is 6.92 Å². The predicted octanol–water partition coefficient (Wildman–Crippen LogP) is 1.70. The van der Waals surface area contributed by atoms with Crippen molar-refractivity contribution in [1.29, 1.82) is 0 Å². The normalized spacial score (nSPS) is 8.40. The summed E-state index contributed by atoms with van der Waals surface area (Å²) in [6.07, 6.45) is 3.84. The van der Waals surface area contributed by atoms with Gasteiger partial charge in [0.15, 0.2) is 0 Å². The third kappa shape index (κ3) is 4.00. The zero-order chi connectivity index (χ0) is 4.12. The summed E-state index contributed by atoms with van der Waals surface area (Å²) in [6, 6.07) is 0. The van der Waals surface area contributed by atoms with Crippen molar-refractivity contribution in [2.24, 2.45) is 0 Å². The van der Waals surface area contributed by atoms with Crippen molar-refractivity contribution >= 4 is 0 Å². The number of hydrogen-bond donors (Lipinski definition) is 0. The Kier molecular flexibility index (Phi) is 4.00. The molecule has 0 nitrogen and oxygen atoms in total. The standard InChI is InChI=1S/C5H9/c1-3-5-4-2/h1,5H,3-4H2,2H3. The lowest BCUT2D eigenvalue weighted by molar-refractivity contribution is 1.02. The maximum atomic E-state index is 5.08. The van der Waals surface area contributed by atoms with Gasteiger partial charge in [-0.1, -0.05) is 13.3 Å². The summed E-state index contributed by atoms with van der Waals surface area (Å²) in [5.41, 5.74) is 0. The largest absolute Gasteiger partial charge is 0.0651 e. The second kappa shape index (κ2) is 4.00. The Labute approximate surface area is 34.2 Å². The van der Waals surface area contributed by atoms with E-state index in [4.69, 9.17) is 6.92 Å². The van der Waals surface area contributed by atoms with E-state index in [-0.39, 0.29) is 0 Å². The van der Waals surface area contributed by atoms with Gasteiger partial charge >= 0.3 is 0 Å². The van der Waals surface area contributed by atoms with Crippen LogP contribution in [0.5, 0.6) is 0 Å². The fourth-order valence-electron chi connectivity index (χ4n) is 0.167. The third-order valence-electron chi connectivity index (χ3n) is 0.455. The molecule has 0 fully saturated rings. The molecule has 0 amide bonds. The summed E-state index contributed by atoms with van der Waals surface area (Å²) in [5, 5.41) is 0. The Morgan fingerprint density at radius 2 is 2.40 bits per heavy atom. The maximum absolute atomic E-state index is 5.08. The molecule has 0 bridgehead atoms. The highest BCUT2D eigenvalue weighted by atomic mass is 13.7. The van der Waals surface area contributed by atoms with Crippen LogP contribution in [-0.2, 0) is 0 Å². The van der Waals surface area contributed by atoms with Crippen LogP contribution in [0.25, 0.3) is 0 Å². The molecule has 0 aliphatic heterocycles. The van der Waals surface area contributed by atoms with E-state index >= 15 is 0 Å². The van der Waals surface area contributed by atoms with E-state index in [1.807, 2.05) is 6.42 Å². The van der Waals surface area contributed by atoms with E-state index < -0.39 is 0 Å². The van der Waals surface area contributed by atoms with Crippen LogP contribution >= 0.6 is 0 Å². The van der Waals surface area contributed by atoms with Gasteiger partial charge in [0.05, 0.1) is 0 Å².